The molecule has 0 saturated carbocycles. The van der Waals surface area contributed by atoms with Crippen LogP contribution in [0.5, 0.6) is 0 Å². The van der Waals surface area contributed by atoms with Crippen LogP contribution in [0.2, 0.25) is 0 Å². The smallest absolute Gasteiger partial charge is 0.221 e. The van der Waals surface area contributed by atoms with Gasteiger partial charge >= 0.3 is 0 Å². The van der Waals surface area contributed by atoms with Gasteiger partial charge in [0, 0.05) is 31.3 Å². The van der Waals surface area contributed by atoms with Gasteiger partial charge in [0.05, 0.1) is 11.4 Å². The molecule has 4 heteroatoms. The van der Waals surface area contributed by atoms with E-state index in [1.807, 2.05) is 30.3 Å². The predicted molar refractivity (Wildman–Crippen MR) is 102 cm³/mol. The van der Waals surface area contributed by atoms with Crippen molar-refractivity contribution in [3.8, 4) is 0 Å². The summed E-state index contributed by atoms with van der Waals surface area (Å²) in [4.78, 5) is 11.1. The lowest BCUT2D eigenvalue weighted by Gasteiger charge is -2.11. The molecular formula is C20H21N3O. The van der Waals surface area contributed by atoms with Crippen molar-refractivity contribution in [2.24, 2.45) is 0 Å². The topological polar surface area (TPSA) is 53.2 Å². The number of nitrogens with one attached hydrogen (secondary N) is 3. The Morgan fingerprint density at radius 2 is 1.96 bits per heavy atom. The van der Waals surface area contributed by atoms with Crippen LogP contribution >= 0.6 is 0 Å². The highest BCUT2D eigenvalue weighted by Crippen LogP contribution is 2.31. The summed E-state index contributed by atoms with van der Waals surface area (Å²) in [5.41, 5.74) is 6.19. The van der Waals surface area contributed by atoms with Crippen LogP contribution in [0.1, 0.15) is 24.5 Å². The summed E-state index contributed by atoms with van der Waals surface area (Å²) >= 11 is 0. The fourth-order valence-corrected chi connectivity index (χ4v) is 2.67. The van der Waals surface area contributed by atoms with Crippen LogP contribution in [0.15, 0.2) is 54.7 Å². The standard InChI is InChI=1S/C20H21N3O/c1-14-12-13-21-20-17(4-3-5-19(20)22-14)9-6-16-7-10-18(11-8-16)23-15(2)24/h3-11,21-22H,1,12-13H2,2H3,(H,23,24)/b9-6+. The SMILES string of the molecule is C=C1CCNc2c(/C=C/c3ccc(NC(C)=O)cc3)cccc2N1. The van der Waals surface area contributed by atoms with Gasteiger partial charge in [0.25, 0.3) is 0 Å². The van der Waals surface area contributed by atoms with Gasteiger partial charge < -0.3 is 16.0 Å². The minimum Gasteiger partial charge on any atom is -0.382 e. The second-order valence-corrected chi connectivity index (χ2v) is 5.81. The number of anilines is 3. The van der Waals surface area contributed by atoms with E-state index >= 15 is 0 Å². The Hall–Kier alpha value is -3.01. The Balaban J connectivity index is 1.81. The quantitative estimate of drug-likeness (QED) is 0.727. The number of carbonyl (C=O) groups is 1. The Bertz CT molecular complexity index is 791. The number of para-hydroxylation sites is 1. The summed E-state index contributed by atoms with van der Waals surface area (Å²) < 4.78 is 0. The number of carbonyl (C=O) groups excluding carboxylic acids is 1. The first-order chi connectivity index (χ1) is 11.6. The van der Waals surface area contributed by atoms with Gasteiger partial charge in [-0.3, -0.25) is 4.79 Å². The molecule has 0 aliphatic carbocycles. The first-order valence-electron chi connectivity index (χ1n) is 7.99. The number of benzene rings is 2. The van der Waals surface area contributed by atoms with Gasteiger partial charge in [-0.25, -0.2) is 0 Å². The van der Waals surface area contributed by atoms with E-state index in [2.05, 4.69) is 46.8 Å². The first kappa shape index (κ1) is 15.9. The summed E-state index contributed by atoms with van der Waals surface area (Å²) in [5.74, 6) is -0.0644. The van der Waals surface area contributed by atoms with Crippen molar-refractivity contribution in [1.82, 2.24) is 0 Å². The average molecular weight is 319 g/mol. The molecule has 122 valence electrons. The number of rotatable bonds is 3. The van der Waals surface area contributed by atoms with E-state index in [-0.39, 0.29) is 5.91 Å². The molecule has 0 spiro atoms. The molecule has 2 aromatic carbocycles. The molecule has 3 rings (SSSR count). The van der Waals surface area contributed by atoms with Gasteiger partial charge in [-0.2, -0.15) is 0 Å². The zero-order chi connectivity index (χ0) is 16.9. The Morgan fingerprint density at radius 1 is 1.17 bits per heavy atom. The van der Waals surface area contributed by atoms with E-state index in [1.165, 1.54) is 6.92 Å². The largest absolute Gasteiger partial charge is 0.382 e. The lowest BCUT2D eigenvalue weighted by Crippen LogP contribution is -2.05. The summed E-state index contributed by atoms with van der Waals surface area (Å²) in [6, 6.07) is 13.9. The third-order valence-corrected chi connectivity index (χ3v) is 3.82. The number of hydrogen-bond acceptors (Lipinski definition) is 3. The maximum atomic E-state index is 11.1. The molecule has 1 aliphatic rings. The normalized spacial score (nSPS) is 13.6. The van der Waals surface area contributed by atoms with Gasteiger partial charge in [-0.1, -0.05) is 43.0 Å². The molecule has 0 aromatic heterocycles. The molecule has 0 bridgehead atoms. The van der Waals surface area contributed by atoms with Crippen molar-refractivity contribution in [3.05, 3.63) is 65.9 Å². The van der Waals surface area contributed by atoms with E-state index in [0.29, 0.717) is 0 Å². The fraction of sp³-hybridized carbons (Fsp3) is 0.150. The monoisotopic (exact) mass is 319 g/mol. The van der Waals surface area contributed by atoms with Gasteiger partial charge in [-0.15, -0.1) is 0 Å². The van der Waals surface area contributed by atoms with Crippen molar-refractivity contribution in [2.75, 3.05) is 22.5 Å². The highest BCUT2D eigenvalue weighted by atomic mass is 16.1. The molecule has 1 heterocycles. The zero-order valence-corrected chi connectivity index (χ0v) is 13.7. The highest BCUT2D eigenvalue weighted by Gasteiger charge is 2.10. The van der Waals surface area contributed by atoms with Crippen molar-refractivity contribution < 1.29 is 4.79 Å². The maximum Gasteiger partial charge on any atom is 0.221 e. The van der Waals surface area contributed by atoms with Crippen molar-refractivity contribution in [1.29, 1.82) is 0 Å². The van der Waals surface area contributed by atoms with Gasteiger partial charge in [0.2, 0.25) is 5.91 Å². The van der Waals surface area contributed by atoms with E-state index in [4.69, 9.17) is 0 Å². The summed E-state index contributed by atoms with van der Waals surface area (Å²) in [6.07, 6.45) is 5.06. The van der Waals surface area contributed by atoms with Crippen molar-refractivity contribution in [2.45, 2.75) is 13.3 Å². The van der Waals surface area contributed by atoms with Gasteiger partial charge in [0.15, 0.2) is 0 Å². The third kappa shape index (κ3) is 3.84. The molecular weight excluding hydrogens is 298 g/mol. The molecule has 0 unspecified atom stereocenters. The molecule has 0 atom stereocenters. The van der Waals surface area contributed by atoms with Crippen LogP contribution < -0.4 is 16.0 Å². The minimum absolute atomic E-state index is 0.0644. The van der Waals surface area contributed by atoms with Crippen LogP contribution in [0.3, 0.4) is 0 Å². The zero-order valence-electron chi connectivity index (χ0n) is 13.7. The molecule has 1 aliphatic heterocycles. The van der Waals surface area contributed by atoms with Crippen molar-refractivity contribution >= 4 is 35.1 Å². The minimum atomic E-state index is -0.0644. The maximum absolute atomic E-state index is 11.1. The molecule has 0 fully saturated rings. The van der Waals surface area contributed by atoms with E-state index in [9.17, 15) is 4.79 Å². The molecule has 4 nitrogen and oxygen atoms in total. The number of fused-ring (bicyclic) bond motifs is 1. The van der Waals surface area contributed by atoms with Crippen molar-refractivity contribution in [3.63, 3.8) is 0 Å². The second-order valence-electron chi connectivity index (χ2n) is 5.81. The van der Waals surface area contributed by atoms with E-state index in [0.717, 1.165) is 46.9 Å². The highest BCUT2D eigenvalue weighted by molar-refractivity contribution is 5.89. The number of hydrogen-bond donors (Lipinski definition) is 3. The van der Waals surface area contributed by atoms with Gasteiger partial charge in [0.1, 0.15) is 0 Å². The van der Waals surface area contributed by atoms with Gasteiger partial charge in [-0.05, 0) is 29.3 Å². The molecule has 2 aromatic rings. The van der Waals surface area contributed by atoms with Crippen LogP contribution in [0.4, 0.5) is 17.1 Å². The fourth-order valence-electron chi connectivity index (χ4n) is 2.67. The Morgan fingerprint density at radius 3 is 2.71 bits per heavy atom. The summed E-state index contributed by atoms with van der Waals surface area (Å²) in [5, 5.41) is 9.59. The molecule has 1 amide bonds. The van der Waals surface area contributed by atoms with Crippen LogP contribution in [-0.2, 0) is 4.79 Å². The predicted octanol–water partition coefficient (Wildman–Crippen LogP) is 4.56. The molecule has 24 heavy (non-hydrogen) atoms. The number of amides is 1. The van der Waals surface area contributed by atoms with Crippen LogP contribution in [0, 0.1) is 0 Å². The van der Waals surface area contributed by atoms with Crippen LogP contribution in [0.25, 0.3) is 12.2 Å². The van der Waals surface area contributed by atoms with E-state index in [1.54, 1.807) is 0 Å². The molecule has 0 radical (unpaired) electrons. The third-order valence-electron chi connectivity index (χ3n) is 3.82. The Labute approximate surface area is 142 Å². The van der Waals surface area contributed by atoms with E-state index < -0.39 is 0 Å². The lowest BCUT2D eigenvalue weighted by molar-refractivity contribution is -0.114. The second kappa shape index (κ2) is 7.04. The lowest BCUT2D eigenvalue weighted by atomic mass is 10.1. The van der Waals surface area contributed by atoms with Crippen LogP contribution in [-0.4, -0.2) is 12.5 Å². The summed E-state index contributed by atoms with van der Waals surface area (Å²) in [6.45, 7) is 6.40. The Kier molecular flexibility index (Phi) is 4.66. The summed E-state index contributed by atoms with van der Waals surface area (Å²) in [7, 11) is 0. The molecule has 3 N–H and O–H groups in total. The molecule has 0 saturated heterocycles. The first-order valence-corrected chi connectivity index (χ1v) is 7.99. The average Bonchev–Trinajstić information content (AvgIpc) is 2.74.